The van der Waals surface area contributed by atoms with Gasteiger partial charge in [-0.3, -0.25) is 4.79 Å². The lowest BCUT2D eigenvalue weighted by molar-refractivity contribution is -0.117. The van der Waals surface area contributed by atoms with Crippen LogP contribution in [0.4, 0.5) is 9.57 Å². The van der Waals surface area contributed by atoms with Crippen molar-refractivity contribution in [1.29, 1.82) is 0 Å². The molecule has 10 heteroatoms. The zero-order chi connectivity index (χ0) is 15.0. The molecule has 1 saturated heterocycles. The Kier molecular flexibility index (Phi) is 3.16. The second-order valence-electron chi connectivity index (χ2n) is 4.55. The molecule has 1 unspecified atom stereocenters. The van der Waals surface area contributed by atoms with Crippen LogP contribution in [0.15, 0.2) is 30.6 Å². The smallest absolute Gasteiger partial charge is 0.307 e. The van der Waals surface area contributed by atoms with Crippen molar-refractivity contribution in [2.24, 2.45) is 0 Å². The summed E-state index contributed by atoms with van der Waals surface area (Å²) in [6.45, 7) is -0.225. The Morgan fingerprint density at radius 3 is 2.52 bits per heavy atom. The summed E-state index contributed by atoms with van der Waals surface area (Å²) in [7, 11) is -4.75. The van der Waals surface area contributed by atoms with Gasteiger partial charge in [0.1, 0.15) is 11.6 Å². The van der Waals surface area contributed by atoms with Gasteiger partial charge in [-0.2, -0.15) is 13.1 Å². The number of aromatic nitrogens is 4. The van der Waals surface area contributed by atoms with Crippen LogP contribution in [0.2, 0.25) is 0 Å². The Bertz CT molecular complexity index is 777. The molecule has 3 rings (SSSR count). The van der Waals surface area contributed by atoms with Gasteiger partial charge in [0.05, 0.1) is 11.4 Å². The molecule has 1 aliphatic heterocycles. The number of hydrogen-bond acceptors (Lipinski definition) is 6. The van der Waals surface area contributed by atoms with E-state index in [0.717, 1.165) is 0 Å². The maximum Gasteiger partial charge on any atom is 0.307 e. The number of para-hydroxylation sites is 2. The van der Waals surface area contributed by atoms with Gasteiger partial charge < -0.3 is 4.90 Å². The lowest BCUT2D eigenvalue weighted by Gasteiger charge is -2.19. The predicted molar refractivity (Wildman–Crippen MR) is 69.9 cm³/mol. The van der Waals surface area contributed by atoms with Crippen LogP contribution in [-0.4, -0.2) is 46.3 Å². The lowest BCUT2D eigenvalue weighted by atomic mass is 10.2. The molecule has 0 N–H and O–H groups in total. The SMILES string of the molecule is O=C1CC(S(=O)(=O)F)CN1c1ccccc1-n1cnnn1. The van der Waals surface area contributed by atoms with Crippen LogP contribution in [0.25, 0.3) is 5.69 Å². The number of carbonyl (C=O) groups is 1. The van der Waals surface area contributed by atoms with E-state index in [1.165, 1.54) is 15.9 Å². The predicted octanol–water partition coefficient (Wildman–Crippen LogP) is 0.0669. The average molecular weight is 311 g/mol. The van der Waals surface area contributed by atoms with Gasteiger partial charge in [-0.15, -0.1) is 8.98 Å². The molecule has 2 aromatic rings. The molecule has 0 radical (unpaired) electrons. The van der Waals surface area contributed by atoms with Crippen molar-refractivity contribution in [2.45, 2.75) is 11.7 Å². The van der Waals surface area contributed by atoms with E-state index in [1.807, 2.05) is 0 Å². The Morgan fingerprint density at radius 1 is 1.24 bits per heavy atom. The monoisotopic (exact) mass is 311 g/mol. The number of nitrogens with zero attached hydrogens (tertiary/aromatic N) is 5. The maximum atomic E-state index is 13.1. The first-order valence-corrected chi connectivity index (χ1v) is 7.47. The Hall–Kier alpha value is -2.36. The Morgan fingerprint density at radius 2 is 1.95 bits per heavy atom. The highest BCUT2D eigenvalue weighted by Gasteiger charge is 2.39. The number of benzene rings is 1. The molecule has 21 heavy (non-hydrogen) atoms. The van der Waals surface area contributed by atoms with Gasteiger partial charge in [0.25, 0.3) is 0 Å². The summed E-state index contributed by atoms with van der Waals surface area (Å²) in [5, 5.41) is 9.42. The van der Waals surface area contributed by atoms with Gasteiger partial charge in [0.15, 0.2) is 0 Å². The summed E-state index contributed by atoms with van der Waals surface area (Å²) < 4.78 is 36.4. The van der Waals surface area contributed by atoms with Crippen molar-refractivity contribution in [3.8, 4) is 5.69 Å². The van der Waals surface area contributed by atoms with Gasteiger partial charge >= 0.3 is 10.2 Å². The Labute approximate surface area is 119 Å². The molecule has 1 amide bonds. The first kappa shape index (κ1) is 13.6. The molecule has 1 aliphatic rings. The first-order valence-electron chi connectivity index (χ1n) is 6.03. The second kappa shape index (κ2) is 4.88. The molecule has 0 saturated carbocycles. The molecule has 1 atom stereocenters. The number of rotatable bonds is 3. The summed E-state index contributed by atoms with van der Waals surface area (Å²) in [6, 6.07) is 6.72. The first-order chi connectivity index (χ1) is 9.97. The van der Waals surface area contributed by atoms with E-state index in [0.29, 0.717) is 11.4 Å². The number of anilines is 1. The molecule has 0 bridgehead atoms. The van der Waals surface area contributed by atoms with E-state index in [-0.39, 0.29) is 13.0 Å². The molecular weight excluding hydrogens is 301 g/mol. The van der Waals surface area contributed by atoms with E-state index < -0.39 is 21.4 Å². The summed E-state index contributed by atoms with van der Waals surface area (Å²) >= 11 is 0. The molecule has 0 spiro atoms. The van der Waals surface area contributed by atoms with Gasteiger partial charge in [-0.1, -0.05) is 12.1 Å². The van der Waals surface area contributed by atoms with Gasteiger partial charge in [0, 0.05) is 13.0 Å². The third-order valence-electron chi connectivity index (χ3n) is 3.26. The van der Waals surface area contributed by atoms with Crippen molar-refractivity contribution in [2.75, 3.05) is 11.4 Å². The fourth-order valence-electron chi connectivity index (χ4n) is 2.25. The molecule has 8 nitrogen and oxygen atoms in total. The summed E-state index contributed by atoms with van der Waals surface area (Å²) in [6.07, 6.45) is 0.978. The van der Waals surface area contributed by atoms with Crippen LogP contribution in [0.1, 0.15) is 6.42 Å². The van der Waals surface area contributed by atoms with E-state index >= 15 is 0 Å². The zero-order valence-corrected chi connectivity index (χ0v) is 11.4. The fraction of sp³-hybridized carbons (Fsp3) is 0.273. The summed E-state index contributed by atoms with van der Waals surface area (Å²) in [4.78, 5) is 13.2. The summed E-state index contributed by atoms with van der Waals surface area (Å²) in [5.74, 6) is -0.457. The van der Waals surface area contributed by atoms with Crippen molar-refractivity contribution < 1.29 is 17.1 Å². The third kappa shape index (κ3) is 2.49. The molecule has 0 aliphatic carbocycles. The van der Waals surface area contributed by atoms with Crippen LogP contribution in [0, 0.1) is 0 Å². The number of carbonyl (C=O) groups excluding carboxylic acids is 1. The quantitative estimate of drug-likeness (QED) is 0.744. The molecular formula is C11H10FN5O3S. The van der Waals surface area contributed by atoms with Crippen LogP contribution >= 0.6 is 0 Å². The molecule has 1 aromatic carbocycles. The molecule has 1 aromatic heterocycles. The molecule has 2 heterocycles. The van der Waals surface area contributed by atoms with Crippen LogP contribution in [0.5, 0.6) is 0 Å². The highest BCUT2D eigenvalue weighted by Crippen LogP contribution is 2.30. The lowest BCUT2D eigenvalue weighted by Crippen LogP contribution is -2.28. The van der Waals surface area contributed by atoms with Crippen molar-refractivity contribution in [3.63, 3.8) is 0 Å². The van der Waals surface area contributed by atoms with Crippen molar-refractivity contribution in [3.05, 3.63) is 30.6 Å². The number of hydrogen-bond donors (Lipinski definition) is 0. The van der Waals surface area contributed by atoms with Gasteiger partial charge in [-0.05, 0) is 22.6 Å². The maximum absolute atomic E-state index is 13.1. The standard InChI is InChI=1S/C11H10FN5O3S/c12-21(19,20)8-5-11(18)16(6-8)9-3-1-2-4-10(9)17-7-13-14-15-17/h1-4,7-8H,5-6H2. The molecule has 110 valence electrons. The minimum Gasteiger partial charge on any atom is -0.309 e. The topological polar surface area (TPSA) is 98.1 Å². The minimum absolute atomic E-state index is 0.225. The van der Waals surface area contributed by atoms with Crippen LogP contribution in [-0.2, 0) is 15.0 Å². The highest BCUT2D eigenvalue weighted by molar-refractivity contribution is 7.87. The fourth-order valence-corrected chi connectivity index (χ4v) is 2.92. The largest absolute Gasteiger partial charge is 0.309 e. The van der Waals surface area contributed by atoms with Crippen LogP contribution < -0.4 is 4.90 Å². The molecule has 1 fully saturated rings. The third-order valence-corrected chi connectivity index (χ3v) is 4.37. The number of tetrazole rings is 1. The van der Waals surface area contributed by atoms with E-state index in [9.17, 15) is 17.1 Å². The van der Waals surface area contributed by atoms with Crippen LogP contribution in [0.3, 0.4) is 0 Å². The minimum atomic E-state index is -4.75. The van der Waals surface area contributed by atoms with E-state index in [4.69, 9.17) is 0 Å². The van der Waals surface area contributed by atoms with Gasteiger partial charge in [-0.25, -0.2) is 0 Å². The number of halogens is 1. The Balaban J connectivity index is 2.01. The highest BCUT2D eigenvalue weighted by atomic mass is 32.3. The van der Waals surface area contributed by atoms with Crippen molar-refractivity contribution >= 4 is 21.8 Å². The zero-order valence-electron chi connectivity index (χ0n) is 10.6. The average Bonchev–Trinajstić information content (AvgIpc) is 3.07. The van der Waals surface area contributed by atoms with Crippen molar-refractivity contribution in [1.82, 2.24) is 20.2 Å². The van der Waals surface area contributed by atoms with Gasteiger partial charge in [0.2, 0.25) is 5.91 Å². The normalized spacial score (nSPS) is 19.2. The van der Waals surface area contributed by atoms with E-state index in [2.05, 4.69) is 15.5 Å². The number of amides is 1. The second-order valence-corrected chi connectivity index (χ2v) is 6.17. The van der Waals surface area contributed by atoms with E-state index in [1.54, 1.807) is 24.3 Å². The summed E-state index contributed by atoms with van der Waals surface area (Å²) in [5.41, 5.74) is 0.939.